The summed E-state index contributed by atoms with van der Waals surface area (Å²) in [5.41, 5.74) is 0. The van der Waals surface area contributed by atoms with Crippen LogP contribution in [-0.2, 0) is 14.3 Å². The number of nitrogens with one attached hydrogen (secondary N) is 1. The number of carbonyl (C=O) groups is 2. The van der Waals surface area contributed by atoms with Crippen molar-refractivity contribution in [2.45, 2.75) is 238 Å². The van der Waals surface area contributed by atoms with Crippen LogP contribution < -0.4 is 5.32 Å². The molecule has 0 saturated carbocycles. The van der Waals surface area contributed by atoms with Crippen LogP contribution >= 0.6 is 0 Å². The van der Waals surface area contributed by atoms with E-state index in [0.29, 0.717) is 19.3 Å². The lowest BCUT2D eigenvalue weighted by Gasteiger charge is -2.24. The fraction of sp³-hybridized carbons (Fsp3) is 0.760. The van der Waals surface area contributed by atoms with E-state index in [1.807, 2.05) is 42.5 Å². The van der Waals surface area contributed by atoms with Gasteiger partial charge < -0.3 is 20.3 Å². The molecule has 0 aliphatic carbocycles. The second-order valence-corrected chi connectivity index (χ2v) is 15.9. The summed E-state index contributed by atoms with van der Waals surface area (Å²) in [6.45, 7) is 6.30. The maximum atomic E-state index is 13.1. The minimum atomic E-state index is -0.793. The minimum absolute atomic E-state index is 0.0595. The van der Waals surface area contributed by atoms with E-state index >= 15 is 0 Å². The first-order valence-corrected chi connectivity index (χ1v) is 23.6. The lowest BCUT2D eigenvalue weighted by molar-refractivity contribution is -0.151. The van der Waals surface area contributed by atoms with Gasteiger partial charge in [-0.2, -0.15) is 0 Å². The van der Waals surface area contributed by atoms with Gasteiger partial charge in [-0.1, -0.05) is 223 Å². The van der Waals surface area contributed by atoms with E-state index in [1.165, 1.54) is 103 Å². The molecule has 0 saturated heterocycles. The van der Waals surface area contributed by atoms with Crippen molar-refractivity contribution in [3.63, 3.8) is 0 Å². The average Bonchev–Trinajstić information content (AvgIpc) is 3.19. The van der Waals surface area contributed by atoms with Crippen LogP contribution in [0.5, 0.6) is 0 Å². The molecule has 0 spiro atoms. The molecule has 0 heterocycles. The number of aliphatic hydroxyl groups is 2. The summed E-state index contributed by atoms with van der Waals surface area (Å²) in [5.74, 6) is -0.526. The van der Waals surface area contributed by atoms with Crippen molar-refractivity contribution in [1.82, 2.24) is 5.32 Å². The fourth-order valence-electron chi connectivity index (χ4n) is 6.92. The van der Waals surface area contributed by atoms with E-state index in [1.54, 1.807) is 0 Å². The monoisotopic (exact) mass is 784 g/mol. The van der Waals surface area contributed by atoms with Crippen molar-refractivity contribution >= 4 is 11.9 Å². The Morgan fingerprint density at radius 2 is 0.964 bits per heavy atom. The van der Waals surface area contributed by atoms with Gasteiger partial charge in [-0.25, -0.2) is 0 Å². The highest BCUT2D eigenvalue weighted by Crippen LogP contribution is 2.17. The van der Waals surface area contributed by atoms with Crippen LogP contribution in [0.15, 0.2) is 60.8 Å². The molecule has 0 aromatic carbocycles. The Labute approximate surface area is 346 Å². The molecule has 0 radical (unpaired) electrons. The van der Waals surface area contributed by atoms with E-state index in [9.17, 15) is 19.8 Å². The normalized spacial score (nSPS) is 13.9. The van der Waals surface area contributed by atoms with E-state index in [4.69, 9.17) is 4.74 Å². The zero-order valence-corrected chi connectivity index (χ0v) is 36.8. The summed E-state index contributed by atoms with van der Waals surface area (Å²) in [6.07, 6.45) is 52.8. The van der Waals surface area contributed by atoms with E-state index in [0.717, 1.165) is 70.6 Å². The maximum Gasteiger partial charge on any atom is 0.306 e. The van der Waals surface area contributed by atoms with Crippen molar-refractivity contribution in [1.29, 1.82) is 0 Å². The molecule has 1 amide bonds. The number of amides is 1. The second-order valence-electron chi connectivity index (χ2n) is 15.9. The van der Waals surface area contributed by atoms with Crippen LogP contribution in [0.25, 0.3) is 0 Å². The number of unbranched alkanes of at least 4 members (excludes halogenated alkanes) is 23. The fourth-order valence-corrected chi connectivity index (χ4v) is 6.92. The Balaban J connectivity index is 4.54. The lowest BCUT2D eigenvalue weighted by atomic mass is 10.0. The highest BCUT2D eigenvalue weighted by atomic mass is 16.5. The van der Waals surface area contributed by atoms with Crippen molar-refractivity contribution in [2.75, 3.05) is 6.61 Å². The highest BCUT2D eigenvalue weighted by molar-refractivity contribution is 5.77. The third-order valence-corrected chi connectivity index (χ3v) is 10.5. The van der Waals surface area contributed by atoms with Gasteiger partial charge in [-0.3, -0.25) is 9.59 Å². The van der Waals surface area contributed by atoms with Gasteiger partial charge in [0.2, 0.25) is 5.91 Å². The largest absolute Gasteiger partial charge is 0.462 e. The molecule has 0 aromatic heterocycles. The van der Waals surface area contributed by atoms with Crippen LogP contribution in [0.1, 0.15) is 220 Å². The molecular weight excluding hydrogens is 695 g/mol. The van der Waals surface area contributed by atoms with E-state index < -0.39 is 18.2 Å². The second kappa shape index (κ2) is 43.7. The van der Waals surface area contributed by atoms with Crippen LogP contribution in [-0.4, -0.2) is 46.9 Å². The van der Waals surface area contributed by atoms with Crippen molar-refractivity contribution < 1.29 is 24.5 Å². The Morgan fingerprint density at radius 3 is 1.45 bits per heavy atom. The summed E-state index contributed by atoms with van der Waals surface area (Å²) in [6, 6.07) is -0.708. The van der Waals surface area contributed by atoms with Crippen molar-refractivity contribution in [3.05, 3.63) is 60.8 Å². The Bertz CT molecular complexity index is 1010. The zero-order valence-electron chi connectivity index (χ0n) is 36.8. The summed E-state index contributed by atoms with van der Waals surface area (Å²) < 4.78 is 5.87. The van der Waals surface area contributed by atoms with Gasteiger partial charge in [0.1, 0.15) is 6.10 Å². The minimum Gasteiger partial charge on any atom is -0.462 e. The van der Waals surface area contributed by atoms with Gasteiger partial charge >= 0.3 is 5.97 Å². The molecule has 0 aliphatic heterocycles. The quantitative estimate of drug-likeness (QED) is 0.0326. The molecule has 6 heteroatoms. The lowest BCUT2D eigenvalue weighted by Crippen LogP contribution is -2.46. The third kappa shape index (κ3) is 38.4. The number of allylic oxidation sites excluding steroid dienone is 10. The molecule has 6 nitrogen and oxygen atoms in total. The molecule has 0 aliphatic rings. The van der Waals surface area contributed by atoms with Gasteiger partial charge in [-0.05, 0) is 44.9 Å². The summed E-state index contributed by atoms with van der Waals surface area (Å²) >= 11 is 0. The molecule has 0 aromatic rings. The number of hydrogen-bond acceptors (Lipinski definition) is 5. The predicted octanol–water partition coefficient (Wildman–Crippen LogP) is 13.7. The number of carbonyl (C=O) groups excluding carboxylic acids is 2. The standard InChI is InChI=1S/C50H89NO5/c1-4-7-10-13-16-19-21-23-25-27-29-31-34-37-40-43-50(55)56-46(41-38-35-32-18-15-12-9-6-3)44-49(54)51-47(45-52)48(53)42-39-36-33-30-28-26-24-22-20-17-14-11-8-5-2/h7,10,13,16,19,21,23,25,27,29,46-48,52-53H,4-6,8-9,11-12,14-15,17-18,20,22,24,26,28,30-45H2,1-3H3,(H,51,54)/b10-7+,16-13+,21-19-,25-23-,29-27+. The number of esters is 1. The molecule has 0 rings (SSSR count). The first-order chi connectivity index (χ1) is 27.5. The van der Waals surface area contributed by atoms with Crippen molar-refractivity contribution in [2.24, 2.45) is 0 Å². The van der Waals surface area contributed by atoms with Crippen LogP contribution in [0.3, 0.4) is 0 Å². The van der Waals surface area contributed by atoms with Gasteiger partial charge in [-0.15, -0.1) is 0 Å². The number of ether oxygens (including phenoxy) is 1. The number of hydrogen-bond donors (Lipinski definition) is 3. The third-order valence-electron chi connectivity index (χ3n) is 10.5. The van der Waals surface area contributed by atoms with Crippen LogP contribution in [0, 0.1) is 0 Å². The number of aliphatic hydroxyl groups excluding tert-OH is 2. The highest BCUT2D eigenvalue weighted by Gasteiger charge is 2.24. The molecule has 56 heavy (non-hydrogen) atoms. The Kier molecular flexibility index (Phi) is 41.8. The Hall–Kier alpha value is -2.44. The predicted molar refractivity (Wildman–Crippen MR) is 241 cm³/mol. The number of rotatable bonds is 41. The molecule has 0 fully saturated rings. The van der Waals surface area contributed by atoms with Crippen molar-refractivity contribution in [3.8, 4) is 0 Å². The van der Waals surface area contributed by atoms with Gasteiger partial charge in [0, 0.05) is 6.42 Å². The topological polar surface area (TPSA) is 95.9 Å². The van der Waals surface area contributed by atoms with E-state index in [-0.39, 0.29) is 24.9 Å². The van der Waals surface area contributed by atoms with E-state index in [2.05, 4.69) is 44.3 Å². The SMILES string of the molecule is CC/C=C/C=C/C=C\C=C/C=C/CCCCCC(=O)OC(CCCCCCCCCC)CC(=O)NC(CO)C(O)CCCCCCCCCCCCCCCC. The smallest absolute Gasteiger partial charge is 0.306 e. The summed E-state index contributed by atoms with van der Waals surface area (Å²) in [5, 5.41) is 23.7. The molecule has 0 bridgehead atoms. The molecular formula is C50H89NO5. The first kappa shape index (κ1) is 53.6. The van der Waals surface area contributed by atoms with Crippen LogP contribution in [0.2, 0.25) is 0 Å². The van der Waals surface area contributed by atoms with Crippen LogP contribution in [0.4, 0.5) is 0 Å². The Morgan fingerprint density at radius 1 is 0.536 bits per heavy atom. The molecule has 3 N–H and O–H groups in total. The molecule has 324 valence electrons. The van der Waals surface area contributed by atoms with Gasteiger partial charge in [0.05, 0.1) is 25.2 Å². The maximum absolute atomic E-state index is 13.1. The molecule has 3 unspecified atom stereocenters. The van der Waals surface area contributed by atoms with Gasteiger partial charge in [0.25, 0.3) is 0 Å². The first-order valence-electron chi connectivity index (χ1n) is 23.6. The summed E-state index contributed by atoms with van der Waals surface area (Å²) in [7, 11) is 0. The molecule has 3 atom stereocenters. The zero-order chi connectivity index (χ0) is 41.0. The average molecular weight is 784 g/mol. The van der Waals surface area contributed by atoms with Gasteiger partial charge in [0.15, 0.2) is 0 Å². The summed E-state index contributed by atoms with van der Waals surface area (Å²) in [4.78, 5) is 25.9.